The first kappa shape index (κ1) is 11.7. The van der Waals surface area contributed by atoms with Crippen LogP contribution in [0.15, 0.2) is 23.6 Å². The van der Waals surface area contributed by atoms with E-state index in [-0.39, 0.29) is 11.4 Å². The number of aromatic nitrogens is 5. The number of H-pyrrole nitrogens is 1. The lowest BCUT2D eigenvalue weighted by Gasteiger charge is -2.03. The van der Waals surface area contributed by atoms with Crippen LogP contribution in [0.4, 0.5) is 0 Å². The molecule has 0 saturated carbocycles. The first-order chi connectivity index (χ1) is 8.09. The maximum Gasteiger partial charge on any atom is 0.243 e. The van der Waals surface area contributed by atoms with Gasteiger partial charge in [0.2, 0.25) is 10.0 Å². The number of nitrogens with zero attached hydrogens (tertiary/aromatic N) is 4. The van der Waals surface area contributed by atoms with E-state index < -0.39 is 10.0 Å². The molecule has 2 aromatic rings. The van der Waals surface area contributed by atoms with E-state index >= 15 is 0 Å². The summed E-state index contributed by atoms with van der Waals surface area (Å²) in [6, 6.07) is 0. The molecule has 2 N–H and O–H groups in total. The zero-order chi connectivity index (χ0) is 12.3. The number of sulfonamides is 1. The number of aromatic amines is 1. The SMILES string of the molecule is Cn1cnnc1CCNS(=O)(=O)c1cn[nH]c1. The largest absolute Gasteiger partial charge is 0.321 e. The third-order valence-corrected chi connectivity index (χ3v) is 3.66. The Labute approximate surface area is 98.1 Å². The van der Waals surface area contributed by atoms with Crippen molar-refractivity contribution >= 4 is 10.0 Å². The first-order valence-electron chi connectivity index (χ1n) is 4.91. The summed E-state index contributed by atoms with van der Waals surface area (Å²) in [6.07, 6.45) is 4.63. The molecule has 0 aliphatic carbocycles. The molecule has 0 aliphatic heterocycles. The van der Waals surface area contributed by atoms with Gasteiger partial charge in [0.1, 0.15) is 17.0 Å². The molecule has 92 valence electrons. The molecule has 0 bridgehead atoms. The van der Waals surface area contributed by atoms with Crippen LogP contribution in [0.3, 0.4) is 0 Å². The molecule has 0 aliphatic rings. The van der Waals surface area contributed by atoms with Gasteiger partial charge in [0.15, 0.2) is 0 Å². The number of hydrogen-bond donors (Lipinski definition) is 2. The standard InChI is InChI=1S/C8H12N6O2S/c1-14-6-11-13-8(14)2-3-12-17(15,16)7-4-9-10-5-7/h4-6,12H,2-3H2,1H3,(H,9,10). The van der Waals surface area contributed by atoms with Crippen molar-refractivity contribution in [3.8, 4) is 0 Å². The van der Waals surface area contributed by atoms with E-state index in [1.54, 1.807) is 17.9 Å². The molecule has 0 atom stereocenters. The maximum atomic E-state index is 11.7. The number of hydrogen-bond acceptors (Lipinski definition) is 5. The third kappa shape index (κ3) is 2.68. The summed E-state index contributed by atoms with van der Waals surface area (Å²) in [5.74, 6) is 0.722. The summed E-state index contributed by atoms with van der Waals surface area (Å²) >= 11 is 0. The minimum Gasteiger partial charge on any atom is -0.321 e. The fourth-order valence-electron chi connectivity index (χ4n) is 1.30. The van der Waals surface area contributed by atoms with E-state index in [4.69, 9.17) is 0 Å². The van der Waals surface area contributed by atoms with Gasteiger partial charge >= 0.3 is 0 Å². The summed E-state index contributed by atoms with van der Waals surface area (Å²) in [4.78, 5) is 0.121. The summed E-state index contributed by atoms with van der Waals surface area (Å²) in [5, 5.41) is 13.6. The molecule has 0 fully saturated rings. The van der Waals surface area contributed by atoms with Crippen LogP contribution in [-0.2, 0) is 23.5 Å². The van der Waals surface area contributed by atoms with Gasteiger partial charge in [0.05, 0.1) is 6.20 Å². The molecule has 0 spiro atoms. The molecule has 9 heteroatoms. The minimum absolute atomic E-state index is 0.121. The van der Waals surface area contributed by atoms with Crippen LogP contribution < -0.4 is 4.72 Å². The highest BCUT2D eigenvalue weighted by molar-refractivity contribution is 7.89. The molecule has 0 saturated heterocycles. The van der Waals surface area contributed by atoms with Crippen molar-refractivity contribution in [1.82, 2.24) is 29.7 Å². The van der Waals surface area contributed by atoms with E-state index in [1.807, 2.05) is 0 Å². The fraction of sp³-hybridized carbons (Fsp3) is 0.375. The molecular formula is C8H12N6O2S. The van der Waals surface area contributed by atoms with Crippen molar-refractivity contribution < 1.29 is 8.42 Å². The van der Waals surface area contributed by atoms with Crippen LogP contribution in [0.25, 0.3) is 0 Å². The van der Waals surface area contributed by atoms with Gasteiger partial charge in [-0.1, -0.05) is 0 Å². The van der Waals surface area contributed by atoms with Gasteiger partial charge in [-0.3, -0.25) is 5.10 Å². The second kappa shape index (κ2) is 4.63. The molecule has 0 aromatic carbocycles. The van der Waals surface area contributed by atoms with E-state index in [1.165, 1.54) is 12.4 Å². The summed E-state index contributed by atoms with van der Waals surface area (Å²) in [6.45, 7) is 0.264. The first-order valence-corrected chi connectivity index (χ1v) is 6.39. The Morgan fingerprint density at radius 2 is 2.35 bits per heavy atom. The van der Waals surface area contributed by atoms with Gasteiger partial charge in [-0.25, -0.2) is 13.1 Å². The van der Waals surface area contributed by atoms with Crippen molar-refractivity contribution in [3.63, 3.8) is 0 Å². The molecule has 2 rings (SSSR count). The third-order valence-electron chi connectivity index (χ3n) is 2.23. The Morgan fingerprint density at radius 1 is 1.53 bits per heavy atom. The minimum atomic E-state index is -3.48. The van der Waals surface area contributed by atoms with E-state index in [0.29, 0.717) is 6.42 Å². The molecule has 2 aromatic heterocycles. The smallest absolute Gasteiger partial charge is 0.243 e. The van der Waals surface area contributed by atoms with Crippen LogP contribution >= 0.6 is 0 Å². The monoisotopic (exact) mass is 256 g/mol. The quantitative estimate of drug-likeness (QED) is 0.718. The Balaban J connectivity index is 1.93. The highest BCUT2D eigenvalue weighted by Gasteiger charge is 2.14. The van der Waals surface area contributed by atoms with Gasteiger partial charge < -0.3 is 4.57 Å². The molecule has 2 heterocycles. The molecule has 0 amide bonds. The van der Waals surface area contributed by atoms with Crippen LogP contribution in [0.1, 0.15) is 5.82 Å². The molecule has 0 radical (unpaired) electrons. The Bertz CT molecular complexity index is 573. The summed E-state index contributed by atoms with van der Waals surface area (Å²) in [7, 11) is -1.68. The van der Waals surface area contributed by atoms with Crippen LogP contribution in [0.2, 0.25) is 0 Å². The maximum absolute atomic E-state index is 11.7. The lowest BCUT2D eigenvalue weighted by Crippen LogP contribution is -2.26. The van der Waals surface area contributed by atoms with Crippen LogP contribution in [0.5, 0.6) is 0 Å². The van der Waals surface area contributed by atoms with E-state index in [9.17, 15) is 8.42 Å². The van der Waals surface area contributed by atoms with Gasteiger partial charge in [-0.2, -0.15) is 5.10 Å². The molecular weight excluding hydrogens is 244 g/mol. The van der Waals surface area contributed by atoms with E-state index in [0.717, 1.165) is 5.82 Å². The molecule has 8 nitrogen and oxygen atoms in total. The molecule has 17 heavy (non-hydrogen) atoms. The lowest BCUT2D eigenvalue weighted by molar-refractivity contribution is 0.580. The second-order valence-corrected chi connectivity index (χ2v) is 5.21. The Kier molecular flexibility index (Phi) is 3.20. The predicted molar refractivity (Wildman–Crippen MR) is 58.5 cm³/mol. The number of nitrogens with one attached hydrogen (secondary N) is 2. The van der Waals surface area contributed by atoms with Gasteiger partial charge in [-0.15, -0.1) is 10.2 Å². The van der Waals surface area contributed by atoms with Crippen molar-refractivity contribution in [2.75, 3.05) is 6.54 Å². The number of aryl methyl sites for hydroxylation is 1. The van der Waals surface area contributed by atoms with Crippen molar-refractivity contribution in [1.29, 1.82) is 0 Å². The van der Waals surface area contributed by atoms with Crippen molar-refractivity contribution in [3.05, 3.63) is 24.5 Å². The summed E-state index contributed by atoms with van der Waals surface area (Å²) < 4.78 is 27.6. The summed E-state index contributed by atoms with van der Waals surface area (Å²) in [5.41, 5.74) is 0. The van der Waals surface area contributed by atoms with Crippen molar-refractivity contribution in [2.24, 2.45) is 7.05 Å². The van der Waals surface area contributed by atoms with E-state index in [2.05, 4.69) is 25.1 Å². The fourth-order valence-corrected chi connectivity index (χ4v) is 2.24. The normalized spacial score (nSPS) is 11.8. The van der Waals surface area contributed by atoms with Crippen LogP contribution in [-0.4, -0.2) is 39.9 Å². The number of rotatable bonds is 5. The average Bonchev–Trinajstić information content (AvgIpc) is 2.90. The van der Waals surface area contributed by atoms with Gasteiger partial charge in [-0.05, 0) is 0 Å². The second-order valence-electron chi connectivity index (χ2n) is 3.44. The highest BCUT2D eigenvalue weighted by Crippen LogP contribution is 2.04. The highest BCUT2D eigenvalue weighted by atomic mass is 32.2. The van der Waals surface area contributed by atoms with Crippen LogP contribution in [0, 0.1) is 0 Å². The lowest BCUT2D eigenvalue weighted by atomic mass is 10.4. The van der Waals surface area contributed by atoms with Crippen molar-refractivity contribution in [2.45, 2.75) is 11.3 Å². The van der Waals surface area contributed by atoms with Gasteiger partial charge in [0.25, 0.3) is 0 Å². The zero-order valence-electron chi connectivity index (χ0n) is 9.16. The topological polar surface area (TPSA) is 106 Å². The zero-order valence-corrected chi connectivity index (χ0v) is 9.98. The average molecular weight is 256 g/mol. The predicted octanol–water partition coefficient (Wildman–Crippen LogP) is -0.941. The van der Waals surface area contributed by atoms with Gasteiger partial charge in [0, 0.05) is 26.2 Å². The molecule has 0 unspecified atom stereocenters. The Morgan fingerprint density at radius 3 is 2.94 bits per heavy atom. The Hall–Kier alpha value is -1.74.